The second-order valence-corrected chi connectivity index (χ2v) is 4.27. The Hall–Kier alpha value is -1.74. The summed E-state index contributed by atoms with van der Waals surface area (Å²) < 4.78 is 11.0. The highest BCUT2D eigenvalue weighted by Crippen LogP contribution is 2.32. The fourth-order valence-corrected chi connectivity index (χ4v) is 2.09. The Morgan fingerprint density at radius 3 is 2.65 bits per heavy atom. The molecule has 0 aliphatic carbocycles. The zero-order valence-electron chi connectivity index (χ0n) is 9.43. The van der Waals surface area contributed by atoms with E-state index in [9.17, 15) is 5.11 Å². The van der Waals surface area contributed by atoms with Crippen LogP contribution >= 0.6 is 0 Å². The van der Waals surface area contributed by atoms with Gasteiger partial charge in [0, 0.05) is 6.42 Å². The van der Waals surface area contributed by atoms with Gasteiger partial charge >= 0.3 is 0 Å². The molecule has 17 heavy (non-hydrogen) atoms. The molecule has 0 amide bonds. The van der Waals surface area contributed by atoms with Crippen LogP contribution in [0.2, 0.25) is 0 Å². The van der Waals surface area contributed by atoms with E-state index in [-0.39, 0.29) is 11.9 Å². The van der Waals surface area contributed by atoms with Crippen LogP contribution in [0.1, 0.15) is 6.42 Å². The van der Waals surface area contributed by atoms with Crippen molar-refractivity contribution in [1.29, 1.82) is 0 Å². The standard InChI is InChI=1S/C14H14O3/c15-13-7-10-3-1-2-4-11(10)8-14(13)17-12-5-6-16-9-12/h1-4,7-8,12,15H,5-6,9H2. The summed E-state index contributed by atoms with van der Waals surface area (Å²) in [4.78, 5) is 0. The number of phenols is 1. The molecule has 1 aliphatic heterocycles. The van der Waals surface area contributed by atoms with E-state index in [2.05, 4.69) is 0 Å². The minimum Gasteiger partial charge on any atom is -0.504 e. The number of aromatic hydroxyl groups is 1. The van der Waals surface area contributed by atoms with Gasteiger partial charge in [-0.25, -0.2) is 0 Å². The maximum absolute atomic E-state index is 9.90. The minimum atomic E-state index is 0.0575. The van der Waals surface area contributed by atoms with Crippen molar-refractivity contribution in [1.82, 2.24) is 0 Å². The molecule has 1 heterocycles. The van der Waals surface area contributed by atoms with Gasteiger partial charge in [0.05, 0.1) is 13.2 Å². The summed E-state index contributed by atoms with van der Waals surface area (Å²) in [6.45, 7) is 1.34. The molecule has 1 fully saturated rings. The summed E-state index contributed by atoms with van der Waals surface area (Å²) in [6, 6.07) is 11.5. The molecule has 0 saturated carbocycles. The summed E-state index contributed by atoms with van der Waals surface area (Å²) in [7, 11) is 0. The van der Waals surface area contributed by atoms with Crippen LogP contribution in [0.25, 0.3) is 10.8 Å². The van der Waals surface area contributed by atoms with E-state index >= 15 is 0 Å². The molecule has 88 valence electrons. The Kier molecular flexibility index (Phi) is 2.61. The van der Waals surface area contributed by atoms with Crippen LogP contribution < -0.4 is 4.74 Å². The highest BCUT2D eigenvalue weighted by Gasteiger charge is 2.18. The van der Waals surface area contributed by atoms with Crippen molar-refractivity contribution in [2.24, 2.45) is 0 Å². The lowest BCUT2D eigenvalue weighted by Gasteiger charge is -2.13. The molecule has 1 atom stereocenters. The molecule has 1 saturated heterocycles. The first kappa shape index (κ1) is 10.4. The molecule has 0 bridgehead atoms. The van der Waals surface area contributed by atoms with Crippen LogP contribution in [0.15, 0.2) is 36.4 Å². The molecule has 1 unspecified atom stereocenters. The van der Waals surface area contributed by atoms with Gasteiger partial charge in [-0.05, 0) is 22.9 Å². The van der Waals surface area contributed by atoms with Gasteiger partial charge in [0.25, 0.3) is 0 Å². The molecule has 0 radical (unpaired) electrons. The van der Waals surface area contributed by atoms with Crippen LogP contribution in [-0.2, 0) is 4.74 Å². The second-order valence-electron chi connectivity index (χ2n) is 4.27. The van der Waals surface area contributed by atoms with E-state index in [0.717, 1.165) is 23.8 Å². The SMILES string of the molecule is Oc1cc2ccccc2cc1OC1CCOC1. The van der Waals surface area contributed by atoms with Gasteiger partial charge in [-0.3, -0.25) is 0 Å². The number of hydrogen-bond donors (Lipinski definition) is 1. The number of benzene rings is 2. The predicted molar refractivity (Wildman–Crippen MR) is 65.5 cm³/mol. The molecule has 2 aromatic carbocycles. The highest BCUT2D eigenvalue weighted by atomic mass is 16.5. The average molecular weight is 230 g/mol. The zero-order chi connectivity index (χ0) is 11.7. The number of fused-ring (bicyclic) bond motifs is 1. The summed E-state index contributed by atoms with van der Waals surface area (Å²) >= 11 is 0. The maximum Gasteiger partial charge on any atom is 0.162 e. The van der Waals surface area contributed by atoms with E-state index in [1.54, 1.807) is 6.07 Å². The largest absolute Gasteiger partial charge is 0.504 e. The lowest BCUT2D eigenvalue weighted by molar-refractivity contribution is 0.139. The number of ether oxygens (including phenoxy) is 2. The number of rotatable bonds is 2. The van der Waals surface area contributed by atoms with Crippen molar-refractivity contribution >= 4 is 10.8 Å². The van der Waals surface area contributed by atoms with Crippen molar-refractivity contribution in [3.05, 3.63) is 36.4 Å². The van der Waals surface area contributed by atoms with Crippen LogP contribution in [-0.4, -0.2) is 24.4 Å². The van der Waals surface area contributed by atoms with E-state index in [4.69, 9.17) is 9.47 Å². The first-order valence-corrected chi connectivity index (χ1v) is 5.79. The van der Waals surface area contributed by atoms with Crippen LogP contribution in [0.3, 0.4) is 0 Å². The molecular formula is C14H14O3. The van der Waals surface area contributed by atoms with Gasteiger partial charge in [-0.15, -0.1) is 0 Å². The van der Waals surface area contributed by atoms with Gasteiger partial charge in [0.15, 0.2) is 11.5 Å². The van der Waals surface area contributed by atoms with Gasteiger partial charge in [0.2, 0.25) is 0 Å². The van der Waals surface area contributed by atoms with E-state index in [1.165, 1.54) is 0 Å². The zero-order valence-corrected chi connectivity index (χ0v) is 9.43. The minimum absolute atomic E-state index is 0.0575. The third-order valence-corrected chi connectivity index (χ3v) is 3.01. The second kappa shape index (κ2) is 4.26. The Morgan fingerprint density at radius 2 is 1.94 bits per heavy atom. The first-order chi connectivity index (χ1) is 8.33. The first-order valence-electron chi connectivity index (χ1n) is 5.79. The third-order valence-electron chi connectivity index (χ3n) is 3.01. The van der Waals surface area contributed by atoms with E-state index in [0.29, 0.717) is 12.4 Å². The normalized spacial score (nSPS) is 19.6. The van der Waals surface area contributed by atoms with Crippen molar-refractivity contribution in [3.8, 4) is 11.5 Å². The molecule has 0 spiro atoms. The van der Waals surface area contributed by atoms with Crippen molar-refractivity contribution in [2.75, 3.05) is 13.2 Å². The van der Waals surface area contributed by atoms with Gasteiger partial charge in [-0.2, -0.15) is 0 Å². The highest BCUT2D eigenvalue weighted by molar-refractivity contribution is 5.85. The lowest BCUT2D eigenvalue weighted by atomic mass is 10.1. The Morgan fingerprint density at radius 1 is 1.18 bits per heavy atom. The van der Waals surface area contributed by atoms with E-state index in [1.807, 2.05) is 30.3 Å². The van der Waals surface area contributed by atoms with Crippen LogP contribution in [0.4, 0.5) is 0 Å². The van der Waals surface area contributed by atoms with Gasteiger partial charge in [-0.1, -0.05) is 24.3 Å². The maximum atomic E-state index is 9.90. The van der Waals surface area contributed by atoms with Crippen LogP contribution in [0, 0.1) is 0 Å². The fraction of sp³-hybridized carbons (Fsp3) is 0.286. The Labute approximate surface area is 99.6 Å². The quantitative estimate of drug-likeness (QED) is 0.862. The molecular weight excluding hydrogens is 216 g/mol. The van der Waals surface area contributed by atoms with Crippen molar-refractivity contribution in [3.63, 3.8) is 0 Å². The molecule has 1 aliphatic rings. The molecule has 3 heteroatoms. The summed E-state index contributed by atoms with van der Waals surface area (Å²) in [6.07, 6.45) is 0.939. The topological polar surface area (TPSA) is 38.7 Å². The number of hydrogen-bond acceptors (Lipinski definition) is 3. The summed E-state index contributed by atoms with van der Waals surface area (Å²) in [5.74, 6) is 0.731. The van der Waals surface area contributed by atoms with Gasteiger partial charge < -0.3 is 14.6 Å². The number of phenolic OH excluding ortho intramolecular Hbond substituents is 1. The summed E-state index contributed by atoms with van der Waals surface area (Å²) in [5.41, 5.74) is 0. The molecule has 2 aromatic rings. The fourth-order valence-electron chi connectivity index (χ4n) is 2.09. The molecule has 3 nitrogen and oxygen atoms in total. The Bertz CT molecular complexity index is 530. The van der Waals surface area contributed by atoms with Gasteiger partial charge in [0.1, 0.15) is 6.10 Å². The predicted octanol–water partition coefficient (Wildman–Crippen LogP) is 2.71. The molecule has 1 N–H and O–H groups in total. The molecule has 0 aromatic heterocycles. The van der Waals surface area contributed by atoms with Crippen LogP contribution in [0.5, 0.6) is 11.5 Å². The van der Waals surface area contributed by atoms with Crippen molar-refractivity contribution in [2.45, 2.75) is 12.5 Å². The smallest absolute Gasteiger partial charge is 0.162 e. The lowest BCUT2D eigenvalue weighted by Crippen LogP contribution is -2.15. The van der Waals surface area contributed by atoms with Crippen molar-refractivity contribution < 1.29 is 14.6 Å². The van der Waals surface area contributed by atoms with E-state index < -0.39 is 0 Å². The molecule has 3 rings (SSSR count). The summed E-state index contributed by atoms with van der Waals surface area (Å²) in [5, 5.41) is 12.0. The third kappa shape index (κ3) is 2.06. The monoisotopic (exact) mass is 230 g/mol. The Balaban J connectivity index is 1.95. The average Bonchev–Trinajstić information content (AvgIpc) is 2.83.